The molecule has 2 aliphatic carbocycles. The van der Waals surface area contributed by atoms with Crippen LogP contribution < -0.4 is 9.47 Å². The zero-order chi connectivity index (χ0) is 55.8. The number of aromatic nitrogens is 4. The smallest absolute Gasteiger partial charge is 0.338 e. The van der Waals surface area contributed by atoms with Gasteiger partial charge in [0.1, 0.15) is 11.5 Å². The molecule has 398 valence electrons. The lowest BCUT2D eigenvalue weighted by Crippen LogP contribution is -2.21. The van der Waals surface area contributed by atoms with Crippen molar-refractivity contribution in [1.29, 1.82) is 0 Å². The van der Waals surface area contributed by atoms with Gasteiger partial charge in [0.25, 0.3) is 0 Å². The Hall–Kier alpha value is -10.9. The van der Waals surface area contributed by atoms with Gasteiger partial charge >= 0.3 is 11.9 Å². The van der Waals surface area contributed by atoms with E-state index in [0.29, 0.717) is 46.6 Å². The first-order valence-electron chi connectivity index (χ1n) is 26.7. The third kappa shape index (κ3) is 9.78. The number of carbonyl (C=O) groups is 6. The molecule has 13 rings (SSSR count). The van der Waals surface area contributed by atoms with Crippen LogP contribution in [0.15, 0.2) is 170 Å². The van der Waals surface area contributed by atoms with Crippen LogP contribution in [-0.2, 0) is 9.47 Å². The summed E-state index contributed by atoms with van der Waals surface area (Å²) in [7, 11) is 0. The number of carbonyl (C=O) groups excluding carboxylic acids is 6. The van der Waals surface area contributed by atoms with Crippen molar-refractivity contribution in [2.24, 2.45) is 0 Å². The minimum Gasteiger partial charge on any atom is -0.493 e. The summed E-state index contributed by atoms with van der Waals surface area (Å²) in [4.78, 5) is 95.7. The quantitative estimate of drug-likeness (QED) is 0.0773. The predicted molar refractivity (Wildman–Crippen MR) is 310 cm³/mol. The van der Waals surface area contributed by atoms with Gasteiger partial charge in [-0.3, -0.25) is 19.2 Å². The van der Waals surface area contributed by atoms with E-state index in [0.717, 1.165) is 67.1 Å². The largest absolute Gasteiger partial charge is 0.493 e. The number of H-pyrrole nitrogens is 2. The third-order valence-corrected chi connectivity index (χ3v) is 14.6. The summed E-state index contributed by atoms with van der Waals surface area (Å²) in [6.07, 6.45) is 8.82. The second-order valence-electron chi connectivity index (χ2n) is 19.9. The number of aromatic amines is 2. The minimum atomic E-state index is -0.592. The molecule has 4 aliphatic rings. The van der Waals surface area contributed by atoms with E-state index < -0.39 is 11.9 Å². The van der Waals surface area contributed by atoms with Crippen LogP contribution in [0.3, 0.4) is 0 Å². The normalized spacial score (nSPS) is 12.8. The summed E-state index contributed by atoms with van der Waals surface area (Å²) < 4.78 is 23.2. The average Bonchev–Trinajstić information content (AvgIpc) is 4.11. The molecule has 0 saturated carbocycles. The maximum Gasteiger partial charge on any atom is 0.338 e. The number of benzene rings is 6. The van der Waals surface area contributed by atoms with Crippen LogP contribution in [0.5, 0.6) is 11.5 Å². The second-order valence-corrected chi connectivity index (χ2v) is 19.9. The molecule has 6 aromatic carbocycles. The van der Waals surface area contributed by atoms with Crippen LogP contribution in [-0.4, -0.2) is 81.4 Å². The summed E-state index contributed by atoms with van der Waals surface area (Å²) >= 11 is 0. The molecule has 0 radical (unpaired) electrons. The maximum atomic E-state index is 13.2. The first-order valence-corrected chi connectivity index (χ1v) is 26.7. The molecule has 14 heteroatoms. The Balaban J connectivity index is 0.661. The Morgan fingerprint density at radius 1 is 0.378 bits per heavy atom. The molecule has 0 unspecified atom stereocenters. The van der Waals surface area contributed by atoms with Gasteiger partial charge in [-0.05, 0) is 132 Å². The number of fused-ring (bicyclic) bond motifs is 12. The molecular weight excluding hydrogens is 1030 g/mol. The van der Waals surface area contributed by atoms with E-state index in [-0.39, 0.29) is 82.9 Å². The van der Waals surface area contributed by atoms with E-state index in [2.05, 4.69) is 9.97 Å². The maximum absolute atomic E-state index is 13.2. The van der Waals surface area contributed by atoms with E-state index in [1.54, 1.807) is 48.5 Å². The molecule has 82 heavy (non-hydrogen) atoms. The number of nitrogens with zero attached hydrogens (tertiary/aromatic N) is 2. The number of ketones is 4. The van der Waals surface area contributed by atoms with E-state index in [1.165, 1.54) is 36.4 Å². The highest BCUT2D eigenvalue weighted by Gasteiger charge is 2.32. The molecular formula is C68H46N4O10. The van der Waals surface area contributed by atoms with Crippen LogP contribution in [0.2, 0.25) is 0 Å². The van der Waals surface area contributed by atoms with Gasteiger partial charge in [-0.25, -0.2) is 19.6 Å². The summed E-state index contributed by atoms with van der Waals surface area (Å²) in [5.74, 6) is -1.01. The van der Waals surface area contributed by atoms with Crippen molar-refractivity contribution in [3.8, 4) is 33.8 Å². The Labute approximate surface area is 468 Å². The van der Waals surface area contributed by atoms with Gasteiger partial charge in [0.2, 0.25) is 0 Å². The minimum absolute atomic E-state index is 0.0900. The fourth-order valence-electron chi connectivity index (χ4n) is 10.6. The van der Waals surface area contributed by atoms with E-state index in [9.17, 15) is 28.8 Å². The van der Waals surface area contributed by atoms with Gasteiger partial charge in [0.15, 0.2) is 23.1 Å². The Bertz CT molecular complexity index is 4130. The number of rotatable bonds is 14. The van der Waals surface area contributed by atoms with Crippen molar-refractivity contribution in [2.45, 2.75) is 12.8 Å². The lowest BCUT2D eigenvalue weighted by molar-refractivity contribution is 0.0476. The van der Waals surface area contributed by atoms with Crippen molar-refractivity contribution < 1.29 is 47.7 Å². The van der Waals surface area contributed by atoms with E-state index in [4.69, 9.17) is 28.9 Å². The molecule has 0 atom stereocenters. The van der Waals surface area contributed by atoms with Crippen LogP contribution in [0.1, 0.15) is 120 Å². The Morgan fingerprint density at radius 3 is 1.16 bits per heavy atom. The number of esters is 2. The summed E-state index contributed by atoms with van der Waals surface area (Å²) in [6, 6.07) is 49.8. The monoisotopic (exact) mass is 1080 g/mol. The van der Waals surface area contributed by atoms with Crippen LogP contribution >= 0.6 is 0 Å². The summed E-state index contributed by atoms with van der Waals surface area (Å²) in [5, 5.41) is 0. The topological polar surface area (TPSA) is 197 Å². The molecule has 8 bridgehead atoms. The zero-order valence-electron chi connectivity index (χ0n) is 43.7. The lowest BCUT2D eigenvalue weighted by Gasteiger charge is -2.17. The summed E-state index contributed by atoms with van der Waals surface area (Å²) in [6.45, 7) is 0.751. The summed E-state index contributed by atoms with van der Waals surface area (Å²) in [5.41, 5.74) is 12.8. The Kier molecular flexibility index (Phi) is 13.2. The molecule has 2 aliphatic heterocycles. The van der Waals surface area contributed by atoms with Gasteiger partial charge in [-0.2, -0.15) is 0 Å². The van der Waals surface area contributed by atoms with Crippen molar-refractivity contribution in [1.82, 2.24) is 19.9 Å². The van der Waals surface area contributed by atoms with Crippen LogP contribution in [0.25, 0.3) is 68.6 Å². The Morgan fingerprint density at radius 2 is 0.756 bits per heavy atom. The van der Waals surface area contributed by atoms with Gasteiger partial charge in [-0.15, -0.1) is 0 Å². The van der Waals surface area contributed by atoms with Crippen molar-refractivity contribution in [3.63, 3.8) is 0 Å². The fourth-order valence-corrected chi connectivity index (χ4v) is 10.6. The lowest BCUT2D eigenvalue weighted by atomic mass is 9.83. The van der Waals surface area contributed by atoms with Crippen LogP contribution in [0, 0.1) is 0 Å². The molecule has 2 N–H and O–H groups in total. The fraction of sp³-hybridized carbons (Fsp3) is 0.0882. The van der Waals surface area contributed by atoms with E-state index >= 15 is 0 Å². The molecule has 0 amide bonds. The van der Waals surface area contributed by atoms with E-state index in [1.807, 2.05) is 109 Å². The van der Waals surface area contributed by atoms with Gasteiger partial charge in [0.05, 0.1) is 60.3 Å². The van der Waals surface area contributed by atoms with Crippen molar-refractivity contribution >= 4 is 81.4 Å². The van der Waals surface area contributed by atoms with Gasteiger partial charge in [0, 0.05) is 90.5 Å². The first-order chi connectivity index (χ1) is 40.1. The molecule has 3 aromatic heterocycles. The predicted octanol–water partition coefficient (Wildman–Crippen LogP) is 12.8. The number of hydrogen-bond acceptors (Lipinski definition) is 12. The molecule has 0 fully saturated rings. The molecule has 14 nitrogen and oxygen atoms in total. The number of hydrogen-bond donors (Lipinski definition) is 2. The third-order valence-electron chi connectivity index (χ3n) is 14.6. The second kappa shape index (κ2) is 21.4. The van der Waals surface area contributed by atoms with Crippen LogP contribution in [0.4, 0.5) is 0 Å². The first kappa shape index (κ1) is 50.6. The molecule has 0 spiro atoms. The highest BCUT2D eigenvalue weighted by atomic mass is 16.5. The molecule has 0 saturated heterocycles. The highest BCUT2D eigenvalue weighted by molar-refractivity contribution is 6.29. The van der Waals surface area contributed by atoms with Gasteiger partial charge in [-0.1, -0.05) is 72.8 Å². The average molecular weight is 1080 g/mol. The number of nitrogens with one attached hydrogen (secondary N) is 2. The number of ether oxygens (including phenoxy) is 4. The molecule has 9 aromatic rings. The SMILES string of the molecule is O=C(OCCCOc1ccc(-c2c3nc(cc4ccc([nH]4)c(-c4ccc(OCCCOC(=O)c5ccc6c(c5)C(=O)c5ccccc5C6=O)cc4)c4nc(cc5ccc2[nH]5)C=C4)C=C3)cc1)c1ccc2c(c1)C(=O)c1ccccc1C2=O. The zero-order valence-corrected chi connectivity index (χ0v) is 43.7. The highest BCUT2D eigenvalue weighted by Crippen LogP contribution is 2.35. The van der Waals surface area contributed by atoms with Crippen molar-refractivity contribution in [3.05, 3.63) is 248 Å². The van der Waals surface area contributed by atoms with Crippen molar-refractivity contribution in [2.75, 3.05) is 26.4 Å². The molecule has 5 heterocycles. The standard InChI is InChI=1S/C68H46N4O10/c73-63-49-7-1-3-9-51(49)65(75)55-35-41(15-25-53(55)63)67(77)81-33-5-31-79-47-21-11-39(12-22-47)61-57-27-17-43(69-57)37-45-19-29-59(71-45)62(60-30-20-46(72-60)38-44-18-28-58(61)70-44)40-13-23-48(24-14-40)80-32-6-34-82-68(78)42-16-26-54-56(36-42)66(76)52-10-4-2-8-50(52)64(54)74/h1-4,7-30,35-38,69,72H,5-6,31-34H2. The van der Waals surface area contributed by atoms with Gasteiger partial charge < -0.3 is 28.9 Å².